The highest BCUT2D eigenvalue weighted by Crippen LogP contribution is 2.28. The van der Waals surface area contributed by atoms with E-state index in [1.807, 2.05) is 51.1 Å². The van der Waals surface area contributed by atoms with Crippen LogP contribution in [0.4, 0.5) is 16.6 Å². The number of para-hydroxylation sites is 1. The van der Waals surface area contributed by atoms with Crippen molar-refractivity contribution in [3.05, 3.63) is 83.7 Å². The molecule has 1 fully saturated rings. The van der Waals surface area contributed by atoms with Gasteiger partial charge >= 0.3 is 12.0 Å². The second-order valence-corrected chi connectivity index (χ2v) is 10.9. The van der Waals surface area contributed by atoms with Gasteiger partial charge in [-0.15, -0.1) is 0 Å². The van der Waals surface area contributed by atoms with Crippen molar-refractivity contribution >= 4 is 23.8 Å². The third kappa shape index (κ3) is 7.28. The summed E-state index contributed by atoms with van der Waals surface area (Å²) in [7, 11) is 1.33. The number of methoxy groups -OCH3 is 1. The first-order valence-corrected chi connectivity index (χ1v) is 14.0. The van der Waals surface area contributed by atoms with E-state index in [0.29, 0.717) is 60.9 Å². The van der Waals surface area contributed by atoms with E-state index in [-0.39, 0.29) is 12.0 Å². The van der Waals surface area contributed by atoms with E-state index in [1.54, 1.807) is 41.2 Å². The van der Waals surface area contributed by atoms with Crippen LogP contribution in [-0.2, 0) is 21.4 Å². The fourth-order valence-electron chi connectivity index (χ4n) is 4.42. The third-order valence-corrected chi connectivity index (χ3v) is 6.77. The van der Waals surface area contributed by atoms with Gasteiger partial charge in [-0.1, -0.05) is 45.0 Å². The molecule has 2 aromatic carbocycles. The molecule has 0 radical (unpaired) electrons. The molecule has 2 amide bonds. The van der Waals surface area contributed by atoms with Gasteiger partial charge < -0.3 is 24.4 Å². The fourth-order valence-corrected chi connectivity index (χ4v) is 4.42. The summed E-state index contributed by atoms with van der Waals surface area (Å²) < 4.78 is 18.0. The van der Waals surface area contributed by atoms with E-state index in [9.17, 15) is 9.59 Å². The molecule has 5 rings (SSSR count). The minimum Gasteiger partial charge on any atom is -0.465 e. The Morgan fingerprint density at radius 1 is 1.02 bits per heavy atom. The molecule has 2 N–H and O–H groups in total. The van der Waals surface area contributed by atoms with Crippen LogP contribution in [-0.4, -0.2) is 65.2 Å². The predicted molar refractivity (Wildman–Crippen MR) is 161 cm³/mol. The molecule has 43 heavy (non-hydrogen) atoms. The van der Waals surface area contributed by atoms with Crippen molar-refractivity contribution in [3.63, 3.8) is 0 Å². The highest BCUT2D eigenvalue weighted by molar-refractivity contribution is 5.90. The molecule has 0 bridgehead atoms. The van der Waals surface area contributed by atoms with E-state index >= 15 is 0 Å². The number of nitrogens with one attached hydrogen (secondary N) is 2. The van der Waals surface area contributed by atoms with Gasteiger partial charge in [0.25, 0.3) is 0 Å². The third-order valence-electron chi connectivity index (χ3n) is 6.77. The second kappa shape index (κ2) is 12.9. The smallest absolute Gasteiger partial charge is 0.337 e. The fraction of sp³-hybridized carbons (Fsp3) is 0.323. The number of hydrogen-bond acceptors (Lipinski definition) is 9. The zero-order chi connectivity index (χ0) is 30.4. The minimum absolute atomic E-state index is 0.196. The summed E-state index contributed by atoms with van der Waals surface area (Å²) >= 11 is 0. The quantitative estimate of drug-likeness (QED) is 0.282. The number of amides is 2. The van der Waals surface area contributed by atoms with Crippen LogP contribution in [0.25, 0.3) is 5.69 Å². The number of carbonyl (C=O) groups excluding carboxylic acids is 2. The van der Waals surface area contributed by atoms with Crippen LogP contribution in [0.1, 0.15) is 42.4 Å². The van der Waals surface area contributed by atoms with Crippen molar-refractivity contribution in [3.8, 4) is 17.3 Å². The number of nitrogens with zero attached hydrogens (tertiary/aromatic N) is 5. The van der Waals surface area contributed by atoms with E-state index in [1.165, 1.54) is 7.11 Å². The standard InChI is InChI=1S/C31H35N7O5/c1-31(2,3)25-19-26(38(36-25)23-10-7-9-21(18-23)28(39)41-4)34-30(40)33-20-22-8-5-6-11-24(22)43-27-12-13-32-29(35-27)37-14-16-42-17-15-37/h5-13,18-19H,14-17,20H2,1-4H3,(H2,33,34,40). The molecule has 2 aromatic heterocycles. The first-order chi connectivity index (χ1) is 20.7. The monoisotopic (exact) mass is 585 g/mol. The Kier molecular flexibility index (Phi) is 8.86. The van der Waals surface area contributed by atoms with Gasteiger partial charge in [-0.2, -0.15) is 10.1 Å². The van der Waals surface area contributed by atoms with E-state index in [2.05, 4.69) is 25.5 Å². The lowest BCUT2D eigenvalue weighted by molar-refractivity contribution is 0.0600. The van der Waals surface area contributed by atoms with Gasteiger partial charge in [0.15, 0.2) is 0 Å². The van der Waals surface area contributed by atoms with Crippen LogP contribution >= 0.6 is 0 Å². The first kappa shape index (κ1) is 29.5. The number of aromatic nitrogens is 4. The summed E-state index contributed by atoms with van der Waals surface area (Å²) in [5, 5.41) is 10.5. The number of urea groups is 1. The molecule has 12 heteroatoms. The molecular weight excluding hydrogens is 550 g/mol. The lowest BCUT2D eigenvalue weighted by Crippen LogP contribution is -2.37. The van der Waals surface area contributed by atoms with E-state index in [4.69, 9.17) is 19.3 Å². The SMILES string of the molecule is COC(=O)c1cccc(-n2nc(C(C)(C)C)cc2NC(=O)NCc2ccccc2Oc2ccnc(N3CCOCC3)n2)c1. The van der Waals surface area contributed by atoms with E-state index in [0.717, 1.165) is 11.3 Å². The normalized spacial score (nSPS) is 13.3. The zero-order valence-electron chi connectivity index (χ0n) is 24.7. The van der Waals surface area contributed by atoms with Crippen LogP contribution in [0.5, 0.6) is 11.6 Å². The Balaban J connectivity index is 1.30. The van der Waals surface area contributed by atoms with Crippen LogP contribution in [0.15, 0.2) is 66.9 Å². The van der Waals surface area contributed by atoms with Gasteiger partial charge in [0.2, 0.25) is 11.8 Å². The maximum Gasteiger partial charge on any atom is 0.337 e. The minimum atomic E-state index is -0.461. The van der Waals surface area contributed by atoms with Gasteiger partial charge in [-0.05, 0) is 24.3 Å². The molecule has 0 atom stereocenters. The lowest BCUT2D eigenvalue weighted by atomic mass is 9.92. The summed E-state index contributed by atoms with van der Waals surface area (Å²) in [6, 6.07) is 17.4. The van der Waals surface area contributed by atoms with Crippen molar-refractivity contribution in [1.29, 1.82) is 0 Å². The molecule has 1 saturated heterocycles. The number of rotatable bonds is 8. The van der Waals surface area contributed by atoms with E-state index < -0.39 is 12.0 Å². The Hall–Kier alpha value is -4.97. The average molecular weight is 586 g/mol. The van der Waals surface area contributed by atoms with Crippen molar-refractivity contribution in [2.75, 3.05) is 43.6 Å². The van der Waals surface area contributed by atoms with Gasteiger partial charge in [0.1, 0.15) is 11.6 Å². The van der Waals surface area contributed by atoms with Crippen LogP contribution < -0.4 is 20.3 Å². The molecule has 4 aromatic rings. The van der Waals surface area contributed by atoms with Crippen molar-refractivity contribution < 1.29 is 23.8 Å². The largest absolute Gasteiger partial charge is 0.465 e. The molecule has 1 aliphatic heterocycles. The molecule has 0 spiro atoms. The Bertz CT molecular complexity index is 1590. The topological polar surface area (TPSA) is 133 Å². The van der Waals surface area contributed by atoms with Gasteiger partial charge in [0, 0.05) is 48.9 Å². The highest BCUT2D eigenvalue weighted by atomic mass is 16.5. The number of hydrogen-bond donors (Lipinski definition) is 2. The predicted octanol–water partition coefficient (Wildman–Crippen LogP) is 4.70. The Morgan fingerprint density at radius 2 is 1.81 bits per heavy atom. The van der Waals surface area contributed by atoms with Crippen LogP contribution in [0, 0.1) is 0 Å². The molecule has 0 saturated carbocycles. The highest BCUT2D eigenvalue weighted by Gasteiger charge is 2.22. The molecule has 0 aliphatic carbocycles. The molecule has 224 valence electrons. The Labute approximate surface area is 250 Å². The first-order valence-electron chi connectivity index (χ1n) is 14.0. The van der Waals surface area contributed by atoms with Crippen LogP contribution in [0.3, 0.4) is 0 Å². The average Bonchev–Trinajstić information content (AvgIpc) is 3.45. The van der Waals surface area contributed by atoms with Gasteiger partial charge in [-0.25, -0.2) is 19.3 Å². The summed E-state index contributed by atoms with van der Waals surface area (Å²) in [5.74, 6) is 1.54. The molecule has 0 unspecified atom stereocenters. The lowest BCUT2D eigenvalue weighted by Gasteiger charge is -2.26. The van der Waals surface area contributed by atoms with Gasteiger partial charge in [-0.3, -0.25) is 5.32 Å². The maximum atomic E-state index is 13.1. The summed E-state index contributed by atoms with van der Waals surface area (Å²) in [6.45, 7) is 8.98. The summed E-state index contributed by atoms with van der Waals surface area (Å²) in [4.78, 5) is 36.2. The number of anilines is 2. The number of carbonyl (C=O) groups is 2. The number of esters is 1. The van der Waals surface area contributed by atoms with Crippen molar-refractivity contribution in [2.24, 2.45) is 0 Å². The Morgan fingerprint density at radius 3 is 2.58 bits per heavy atom. The molecular formula is C31H35N7O5. The summed E-state index contributed by atoms with van der Waals surface area (Å²) in [6.07, 6.45) is 1.66. The number of benzene rings is 2. The zero-order valence-corrected chi connectivity index (χ0v) is 24.7. The molecule has 12 nitrogen and oxygen atoms in total. The molecule has 3 heterocycles. The number of morpholine rings is 1. The van der Waals surface area contributed by atoms with Crippen LogP contribution in [0.2, 0.25) is 0 Å². The van der Waals surface area contributed by atoms with Gasteiger partial charge in [0.05, 0.1) is 37.3 Å². The number of ether oxygens (including phenoxy) is 3. The van der Waals surface area contributed by atoms with Crippen molar-refractivity contribution in [2.45, 2.75) is 32.7 Å². The molecule has 1 aliphatic rings. The second-order valence-electron chi connectivity index (χ2n) is 10.9. The maximum absolute atomic E-state index is 13.1. The van der Waals surface area contributed by atoms with Crippen molar-refractivity contribution in [1.82, 2.24) is 25.1 Å². The summed E-state index contributed by atoms with van der Waals surface area (Å²) in [5.41, 5.74) is 2.23.